The fraction of sp³-hybridized carbons (Fsp3) is 0.417. The van der Waals surface area contributed by atoms with Crippen LogP contribution >= 0.6 is 11.6 Å². The molecular weight excluding hydrogens is 288 g/mol. The molecule has 1 aliphatic rings. The highest BCUT2D eigenvalue weighted by atomic mass is 35.5. The van der Waals surface area contributed by atoms with E-state index in [0.717, 1.165) is 12.8 Å². The molecule has 0 spiro atoms. The fourth-order valence-electron chi connectivity index (χ4n) is 1.73. The van der Waals surface area contributed by atoms with Crippen molar-refractivity contribution in [1.29, 1.82) is 5.26 Å². The minimum atomic E-state index is -3.80. The molecule has 0 saturated heterocycles. The second-order valence-electron chi connectivity index (χ2n) is 4.71. The number of rotatable bonds is 5. The van der Waals surface area contributed by atoms with E-state index in [2.05, 4.69) is 4.72 Å². The van der Waals surface area contributed by atoms with Gasteiger partial charge in [-0.05, 0) is 25.0 Å². The lowest BCUT2D eigenvalue weighted by atomic mass is 10.1. The van der Waals surface area contributed by atoms with Crippen molar-refractivity contribution >= 4 is 21.6 Å². The van der Waals surface area contributed by atoms with Crippen LogP contribution in [0.15, 0.2) is 23.1 Å². The normalized spacial score (nSPS) is 16.9. The van der Waals surface area contributed by atoms with Gasteiger partial charge < -0.3 is 5.11 Å². The summed E-state index contributed by atoms with van der Waals surface area (Å²) in [4.78, 5) is -0.128. The van der Waals surface area contributed by atoms with Gasteiger partial charge in [0, 0.05) is 18.6 Å². The number of hydrogen-bond acceptors (Lipinski definition) is 4. The fourth-order valence-corrected chi connectivity index (χ4v) is 3.34. The molecule has 0 amide bonds. The van der Waals surface area contributed by atoms with Crippen LogP contribution in [0.3, 0.4) is 0 Å². The zero-order chi connectivity index (χ0) is 14.1. The Labute approximate surface area is 116 Å². The average molecular weight is 301 g/mol. The van der Waals surface area contributed by atoms with E-state index in [4.69, 9.17) is 22.0 Å². The summed E-state index contributed by atoms with van der Waals surface area (Å²) >= 11 is 5.81. The summed E-state index contributed by atoms with van der Waals surface area (Å²) in [6.45, 7) is 0.124. The van der Waals surface area contributed by atoms with E-state index in [1.165, 1.54) is 18.2 Å². The first-order valence-electron chi connectivity index (χ1n) is 5.73. The lowest BCUT2D eigenvalue weighted by Gasteiger charge is -2.14. The molecule has 0 bridgehead atoms. The van der Waals surface area contributed by atoms with Crippen LogP contribution in [0.5, 0.6) is 0 Å². The predicted molar refractivity (Wildman–Crippen MR) is 70.1 cm³/mol. The Balaban J connectivity index is 2.25. The molecule has 102 valence electrons. The van der Waals surface area contributed by atoms with Crippen LogP contribution in [-0.2, 0) is 10.0 Å². The quantitative estimate of drug-likeness (QED) is 0.856. The Morgan fingerprint density at radius 1 is 1.47 bits per heavy atom. The van der Waals surface area contributed by atoms with Gasteiger partial charge in [-0.15, -0.1) is 0 Å². The first kappa shape index (κ1) is 14.3. The van der Waals surface area contributed by atoms with Gasteiger partial charge in [0.1, 0.15) is 11.0 Å². The highest BCUT2D eigenvalue weighted by Crippen LogP contribution is 2.44. The number of aliphatic hydroxyl groups excluding tert-OH is 1. The predicted octanol–water partition coefficient (Wildman–Crippen LogP) is 1.26. The zero-order valence-corrected chi connectivity index (χ0v) is 11.6. The number of nitriles is 1. The van der Waals surface area contributed by atoms with Crippen LogP contribution in [0.25, 0.3) is 0 Å². The van der Waals surface area contributed by atoms with Crippen LogP contribution in [0.4, 0.5) is 0 Å². The van der Waals surface area contributed by atoms with Gasteiger partial charge in [0.25, 0.3) is 0 Å². The van der Waals surface area contributed by atoms with E-state index >= 15 is 0 Å². The van der Waals surface area contributed by atoms with E-state index in [1.807, 2.05) is 0 Å². The van der Waals surface area contributed by atoms with Crippen molar-refractivity contribution in [2.75, 3.05) is 13.2 Å². The molecule has 7 heteroatoms. The topological polar surface area (TPSA) is 90.2 Å². The van der Waals surface area contributed by atoms with E-state index in [0.29, 0.717) is 0 Å². The largest absolute Gasteiger partial charge is 0.396 e. The molecule has 1 aromatic rings. The third-order valence-electron chi connectivity index (χ3n) is 3.31. The lowest BCUT2D eigenvalue weighted by molar-refractivity contribution is 0.213. The number of benzene rings is 1. The maximum atomic E-state index is 12.2. The van der Waals surface area contributed by atoms with Gasteiger partial charge in [-0.2, -0.15) is 5.26 Å². The van der Waals surface area contributed by atoms with Gasteiger partial charge in [0.2, 0.25) is 10.0 Å². The molecule has 5 nitrogen and oxygen atoms in total. The standard InChI is InChI=1S/C12H13ClN2O3S/c13-10-2-1-3-11(9(10)6-14)19(17,18)15-7-12(8-16)4-5-12/h1-3,15-16H,4-5,7-8H2. The van der Waals surface area contributed by atoms with Crippen LogP contribution in [0, 0.1) is 16.7 Å². The summed E-state index contributed by atoms with van der Waals surface area (Å²) in [5.74, 6) is 0. The van der Waals surface area contributed by atoms with Crippen LogP contribution in [-0.4, -0.2) is 26.7 Å². The Bertz CT molecular complexity index is 633. The van der Waals surface area contributed by atoms with Gasteiger partial charge in [0.05, 0.1) is 10.6 Å². The van der Waals surface area contributed by atoms with Crippen molar-refractivity contribution in [3.05, 3.63) is 28.8 Å². The van der Waals surface area contributed by atoms with Crippen LogP contribution in [0.1, 0.15) is 18.4 Å². The third-order valence-corrected chi connectivity index (χ3v) is 5.06. The Hall–Kier alpha value is -1.13. The summed E-state index contributed by atoms with van der Waals surface area (Å²) < 4.78 is 26.7. The van der Waals surface area contributed by atoms with Crippen LogP contribution in [0.2, 0.25) is 5.02 Å². The van der Waals surface area contributed by atoms with E-state index in [1.54, 1.807) is 6.07 Å². The smallest absolute Gasteiger partial charge is 0.241 e. The van der Waals surface area contributed by atoms with E-state index in [-0.39, 0.29) is 34.0 Å². The number of nitrogens with one attached hydrogen (secondary N) is 1. The summed E-state index contributed by atoms with van der Waals surface area (Å²) in [6.07, 6.45) is 1.60. The van der Waals surface area contributed by atoms with Gasteiger partial charge in [0.15, 0.2) is 0 Å². The maximum Gasteiger partial charge on any atom is 0.241 e. The average Bonchev–Trinajstić information content (AvgIpc) is 3.17. The van der Waals surface area contributed by atoms with Crippen LogP contribution < -0.4 is 4.72 Å². The molecule has 0 aliphatic heterocycles. The summed E-state index contributed by atoms with van der Waals surface area (Å²) in [7, 11) is -3.80. The highest BCUT2D eigenvalue weighted by molar-refractivity contribution is 7.89. The Morgan fingerprint density at radius 2 is 2.16 bits per heavy atom. The summed E-state index contributed by atoms with van der Waals surface area (Å²) in [5, 5.41) is 18.2. The molecule has 0 atom stereocenters. The molecule has 0 unspecified atom stereocenters. The second-order valence-corrected chi connectivity index (χ2v) is 6.85. The van der Waals surface area contributed by atoms with E-state index < -0.39 is 10.0 Å². The molecule has 19 heavy (non-hydrogen) atoms. The molecule has 0 heterocycles. The monoisotopic (exact) mass is 300 g/mol. The molecule has 0 radical (unpaired) electrons. The first-order valence-corrected chi connectivity index (χ1v) is 7.59. The number of aliphatic hydroxyl groups is 1. The molecule has 0 aromatic heterocycles. The number of nitrogens with zero attached hydrogens (tertiary/aromatic N) is 1. The minimum Gasteiger partial charge on any atom is -0.396 e. The van der Waals surface area contributed by atoms with Crippen molar-refractivity contribution in [1.82, 2.24) is 4.72 Å². The minimum absolute atomic E-state index is 0.0455. The second kappa shape index (κ2) is 5.10. The molecule has 2 N–H and O–H groups in total. The van der Waals surface area contributed by atoms with Gasteiger partial charge in [-0.25, -0.2) is 13.1 Å². The molecule has 1 saturated carbocycles. The zero-order valence-electron chi connectivity index (χ0n) is 10.1. The third kappa shape index (κ3) is 2.90. The van der Waals surface area contributed by atoms with Gasteiger partial charge in [-0.3, -0.25) is 0 Å². The highest BCUT2D eigenvalue weighted by Gasteiger charge is 2.42. The molecule has 1 aliphatic carbocycles. The summed E-state index contributed by atoms with van der Waals surface area (Å²) in [5.41, 5.74) is -0.399. The van der Waals surface area contributed by atoms with Gasteiger partial charge in [-0.1, -0.05) is 17.7 Å². The molecule has 1 fully saturated rings. The van der Waals surface area contributed by atoms with E-state index in [9.17, 15) is 8.42 Å². The first-order chi connectivity index (χ1) is 8.94. The van der Waals surface area contributed by atoms with Crippen molar-refractivity contribution in [3.8, 4) is 6.07 Å². The SMILES string of the molecule is N#Cc1c(Cl)cccc1S(=O)(=O)NCC1(CO)CC1. The Kier molecular flexibility index (Phi) is 3.83. The Morgan fingerprint density at radius 3 is 2.68 bits per heavy atom. The molecular formula is C12H13ClN2O3S. The summed E-state index contributed by atoms with van der Waals surface area (Å²) in [6, 6.07) is 6.09. The van der Waals surface area contributed by atoms with Crippen molar-refractivity contribution in [3.63, 3.8) is 0 Å². The number of hydrogen-bond donors (Lipinski definition) is 2. The van der Waals surface area contributed by atoms with Crippen molar-refractivity contribution < 1.29 is 13.5 Å². The molecule has 2 rings (SSSR count). The number of halogens is 1. The molecule has 1 aromatic carbocycles. The number of sulfonamides is 1. The van der Waals surface area contributed by atoms with Crippen molar-refractivity contribution in [2.45, 2.75) is 17.7 Å². The maximum absolute atomic E-state index is 12.2. The van der Waals surface area contributed by atoms with Gasteiger partial charge >= 0.3 is 0 Å². The van der Waals surface area contributed by atoms with Crippen molar-refractivity contribution in [2.24, 2.45) is 5.41 Å². The lowest BCUT2D eigenvalue weighted by Crippen LogP contribution is -2.32.